The summed E-state index contributed by atoms with van der Waals surface area (Å²) in [6.07, 6.45) is 2.47. The Morgan fingerprint density at radius 1 is 1.18 bits per heavy atom. The maximum Gasteiger partial charge on any atom is 0.239 e. The number of hydrogen-bond donors (Lipinski definition) is 0. The molecule has 0 aromatic heterocycles. The van der Waals surface area contributed by atoms with Gasteiger partial charge in [0.05, 0.1) is 6.07 Å². The van der Waals surface area contributed by atoms with Gasteiger partial charge < -0.3 is 9.80 Å². The Kier molecular flexibility index (Phi) is 8.43. The van der Waals surface area contributed by atoms with E-state index >= 15 is 0 Å². The lowest BCUT2D eigenvalue weighted by molar-refractivity contribution is -0.134. The molecule has 1 unspecified atom stereocenters. The van der Waals surface area contributed by atoms with Gasteiger partial charge in [0.2, 0.25) is 5.91 Å². The molecule has 0 rings (SSSR count). The summed E-state index contributed by atoms with van der Waals surface area (Å²) in [5.41, 5.74) is 0. The highest BCUT2D eigenvalue weighted by Gasteiger charge is 2.22. The molecule has 0 heterocycles. The van der Waals surface area contributed by atoms with Crippen LogP contribution in [0, 0.1) is 17.2 Å². The van der Waals surface area contributed by atoms with E-state index < -0.39 is 5.92 Å². The topological polar surface area (TPSA) is 47.3 Å². The quantitative estimate of drug-likeness (QED) is 0.648. The molecule has 0 radical (unpaired) electrons. The molecular formula is C13H25N3O. The minimum Gasteiger partial charge on any atom is -0.340 e. The molecule has 0 N–H and O–H groups in total. The molecule has 1 atom stereocenters. The molecule has 0 spiro atoms. The fraction of sp³-hybridized carbons (Fsp3) is 0.846. The smallest absolute Gasteiger partial charge is 0.239 e. The first kappa shape index (κ1) is 15.9. The van der Waals surface area contributed by atoms with Gasteiger partial charge in [-0.15, -0.1) is 0 Å². The van der Waals surface area contributed by atoms with E-state index in [2.05, 4.69) is 17.9 Å². The summed E-state index contributed by atoms with van der Waals surface area (Å²) < 4.78 is 0. The van der Waals surface area contributed by atoms with Crippen LogP contribution in [0.25, 0.3) is 0 Å². The van der Waals surface area contributed by atoms with Crippen LogP contribution in [-0.2, 0) is 4.79 Å². The second kappa shape index (κ2) is 9.00. The van der Waals surface area contributed by atoms with Gasteiger partial charge in [0.1, 0.15) is 5.92 Å². The molecular weight excluding hydrogens is 214 g/mol. The maximum absolute atomic E-state index is 12.2. The van der Waals surface area contributed by atoms with E-state index in [1.54, 1.807) is 0 Å². The van der Waals surface area contributed by atoms with E-state index in [9.17, 15) is 4.79 Å². The summed E-state index contributed by atoms with van der Waals surface area (Å²) >= 11 is 0. The number of carbonyl (C=O) groups excluding carboxylic acids is 1. The van der Waals surface area contributed by atoms with Crippen LogP contribution in [0.2, 0.25) is 0 Å². The number of rotatable bonds is 8. The molecule has 0 aliphatic heterocycles. The second-order valence-corrected chi connectivity index (χ2v) is 4.60. The Morgan fingerprint density at radius 2 is 1.82 bits per heavy atom. The fourth-order valence-electron chi connectivity index (χ4n) is 1.68. The lowest BCUT2D eigenvalue weighted by atomic mass is 10.0. The highest BCUT2D eigenvalue weighted by Crippen LogP contribution is 2.10. The number of nitrogens with zero attached hydrogens (tertiary/aromatic N) is 3. The standard InChI is InChI=1S/C13H25N3O/c1-5-7-12(11-14)13(17)16(8-6-2)10-9-15(3)4/h12H,5-10H2,1-4H3. The molecule has 17 heavy (non-hydrogen) atoms. The van der Waals surface area contributed by atoms with Crippen molar-refractivity contribution >= 4 is 5.91 Å². The first-order valence-electron chi connectivity index (χ1n) is 6.39. The Bertz CT molecular complexity index is 258. The summed E-state index contributed by atoms with van der Waals surface area (Å²) in [4.78, 5) is 16.0. The van der Waals surface area contributed by atoms with Gasteiger partial charge in [-0.1, -0.05) is 20.3 Å². The van der Waals surface area contributed by atoms with Crippen molar-refractivity contribution in [1.82, 2.24) is 9.80 Å². The van der Waals surface area contributed by atoms with Gasteiger partial charge in [-0.25, -0.2) is 0 Å². The van der Waals surface area contributed by atoms with Crippen molar-refractivity contribution in [2.24, 2.45) is 5.92 Å². The Morgan fingerprint density at radius 3 is 2.24 bits per heavy atom. The zero-order chi connectivity index (χ0) is 13.3. The number of carbonyl (C=O) groups is 1. The lowest BCUT2D eigenvalue weighted by Gasteiger charge is -2.25. The molecule has 98 valence electrons. The van der Waals surface area contributed by atoms with E-state index in [0.717, 1.165) is 25.9 Å². The van der Waals surface area contributed by atoms with Crippen LogP contribution in [0.3, 0.4) is 0 Å². The van der Waals surface area contributed by atoms with Crippen molar-refractivity contribution in [3.8, 4) is 6.07 Å². The minimum absolute atomic E-state index is 0.00181. The summed E-state index contributed by atoms with van der Waals surface area (Å²) in [6.45, 7) is 6.35. The van der Waals surface area contributed by atoms with Gasteiger partial charge in [-0.05, 0) is 26.9 Å². The molecule has 0 aromatic carbocycles. The van der Waals surface area contributed by atoms with Crippen LogP contribution < -0.4 is 0 Å². The van der Waals surface area contributed by atoms with Crippen molar-refractivity contribution in [3.63, 3.8) is 0 Å². The minimum atomic E-state index is -0.464. The third kappa shape index (κ3) is 6.28. The summed E-state index contributed by atoms with van der Waals surface area (Å²) in [5.74, 6) is -0.466. The normalized spacial score (nSPS) is 12.2. The molecule has 0 saturated carbocycles. The van der Waals surface area contributed by atoms with Gasteiger partial charge in [0.25, 0.3) is 0 Å². The number of likely N-dealkylation sites (N-methyl/N-ethyl adjacent to an activating group) is 1. The van der Waals surface area contributed by atoms with Gasteiger partial charge in [-0.3, -0.25) is 4.79 Å². The van der Waals surface area contributed by atoms with Crippen molar-refractivity contribution < 1.29 is 4.79 Å². The van der Waals surface area contributed by atoms with Crippen LogP contribution in [-0.4, -0.2) is 49.4 Å². The lowest BCUT2D eigenvalue weighted by Crippen LogP contribution is -2.40. The third-order valence-corrected chi connectivity index (χ3v) is 2.65. The van der Waals surface area contributed by atoms with Gasteiger partial charge in [0.15, 0.2) is 0 Å². The average Bonchev–Trinajstić information content (AvgIpc) is 2.30. The van der Waals surface area contributed by atoms with Gasteiger partial charge >= 0.3 is 0 Å². The molecule has 0 aliphatic rings. The zero-order valence-corrected chi connectivity index (χ0v) is 11.6. The predicted octanol–water partition coefficient (Wildman–Crippen LogP) is 1.73. The summed E-state index contributed by atoms with van der Waals surface area (Å²) in [5, 5.41) is 9.01. The third-order valence-electron chi connectivity index (χ3n) is 2.65. The first-order valence-corrected chi connectivity index (χ1v) is 6.39. The van der Waals surface area contributed by atoms with Crippen molar-refractivity contribution in [2.45, 2.75) is 33.1 Å². The molecule has 4 nitrogen and oxygen atoms in total. The van der Waals surface area contributed by atoms with E-state index in [0.29, 0.717) is 13.0 Å². The van der Waals surface area contributed by atoms with E-state index in [1.165, 1.54) is 0 Å². The first-order chi connectivity index (χ1) is 8.06. The van der Waals surface area contributed by atoms with Crippen molar-refractivity contribution in [2.75, 3.05) is 33.7 Å². The Hall–Kier alpha value is -1.08. The van der Waals surface area contributed by atoms with Crippen molar-refractivity contribution in [1.29, 1.82) is 5.26 Å². The van der Waals surface area contributed by atoms with Crippen LogP contribution >= 0.6 is 0 Å². The van der Waals surface area contributed by atoms with Crippen LogP contribution in [0.15, 0.2) is 0 Å². The monoisotopic (exact) mass is 239 g/mol. The molecule has 1 amide bonds. The predicted molar refractivity (Wildman–Crippen MR) is 69.4 cm³/mol. The maximum atomic E-state index is 12.2. The van der Waals surface area contributed by atoms with Crippen LogP contribution in [0.4, 0.5) is 0 Å². The molecule has 0 saturated heterocycles. The van der Waals surface area contributed by atoms with E-state index in [-0.39, 0.29) is 5.91 Å². The van der Waals surface area contributed by atoms with Gasteiger partial charge in [0, 0.05) is 19.6 Å². The van der Waals surface area contributed by atoms with Gasteiger partial charge in [-0.2, -0.15) is 5.26 Å². The number of nitriles is 1. The zero-order valence-electron chi connectivity index (χ0n) is 11.6. The number of hydrogen-bond acceptors (Lipinski definition) is 3. The highest BCUT2D eigenvalue weighted by molar-refractivity contribution is 5.81. The Balaban J connectivity index is 4.45. The van der Waals surface area contributed by atoms with E-state index in [4.69, 9.17) is 5.26 Å². The van der Waals surface area contributed by atoms with Crippen molar-refractivity contribution in [3.05, 3.63) is 0 Å². The molecule has 4 heteroatoms. The highest BCUT2D eigenvalue weighted by atomic mass is 16.2. The molecule has 0 aliphatic carbocycles. The second-order valence-electron chi connectivity index (χ2n) is 4.60. The average molecular weight is 239 g/mol. The van der Waals surface area contributed by atoms with E-state index in [1.807, 2.05) is 25.9 Å². The largest absolute Gasteiger partial charge is 0.340 e. The van der Waals surface area contributed by atoms with Crippen LogP contribution in [0.5, 0.6) is 0 Å². The molecule has 0 aromatic rings. The Labute approximate surface area is 105 Å². The SMILES string of the molecule is CCCC(C#N)C(=O)N(CCC)CCN(C)C. The molecule has 0 fully saturated rings. The summed E-state index contributed by atoms with van der Waals surface area (Å²) in [7, 11) is 3.98. The van der Waals surface area contributed by atoms with Crippen LogP contribution in [0.1, 0.15) is 33.1 Å². The molecule has 0 bridgehead atoms. The fourth-order valence-corrected chi connectivity index (χ4v) is 1.68. The number of amides is 1. The summed E-state index contributed by atoms with van der Waals surface area (Å²) in [6, 6.07) is 2.12.